The molecular formula is C24H21N7O10S2. The van der Waals surface area contributed by atoms with Crippen LogP contribution >= 0.6 is 23.5 Å². The Balaban J connectivity index is 1.37. The van der Waals surface area contributed by atoms with Crippen LogP contribution in [-0.4, -0.2) is 91.1 Å². The van der Waals surface area contributed by atoms with Gasteiger partial charge in [-0.3, -0.25) is 29.4 Å². The van der Waals surface area contributed by atoms with E-state index in [0.29, 0.717) is 0 Å². The summed E-state index contributed by atoms with van der Waals surface area (Å²) in [4.78, 5) is 72.9. The number of nitrogens with one attached hydrogen (secondary N) is 2. The Morgan fingerprint density at radius 2 is 1.91 bits per heavy atom. The molecule has 1 fully saturated rings. The summed E-state index contributed by atoms with van der Waals surface area (Å²) in [6.07, 6.45) is -2.07. The Labute approximate surface area is 248 Å². The lowest BCUT2D eigenvalue weighted by Crippen LogP contribution is -2.71. The quantitative estimate of drug-likeness (QED) is 0.0816. The lowest BCUT2D eigenvalue weighted by molar-refractivity contribution is -0.384. The Morgan fingerprint density at radius 1 is 1.19 bits per heavy atom. The molecule has 224 valence electrons. The van der Waals surface area contributed by atoms with Gasteiger partial charge in [-0.15, -0.1) is 11.8 Å². The fourth-order valence-electron chi connectivity index (χ4n) is 4.60. The Kier molecular flexibility index (Phi) is 8.20. The van der Waals surface area contributed by atoms with Gasteiger partial charge in [0.1, 0.15) is 22.1 Å². The summed E-state index contributed by atoms with van der Waals surface area (Å²) < 4.78 is 1.01. The molecular weight excluding hydrogens is 610 g/mol. The highest BCUT2D eigenvalue weighted by molar-refractivity contribution is 8.01. The number of benzene rings is 1. The van der Waals surface area contributed by atoms with Gasteiger partial charge in [0.15, 0.2) is 11.8 Å². The first-order chi connectivity index (χ1) is 20.5. The first-order valence-electron chi connectivity index (χ1n) is 12.4. The number of fused-ring (bicyclic) bond motifs is 2. The zero-order valence-corrected chi connectivity index (χ0v) is 23.3. The molecule has 0 radical (unpaired) electrons. The van der Waals surface area contributed by atoms with Crippen LogP contribution in [0.5, 0.6) is 0 Å². The molecule has 1 aromatic carbocycles. The number of nitrogens with zero attached hydrogens (tertiary/aromatic N) is 5. The minimum absolute atomic E-state index is 0.0129. The van der Waals surface area contributed by atoms with Crippen LogP contribution < -0.4 is 11.0 Å². The maximum absolute atomic E-state index is 13.2. The predicted octanol–water partition coefficient (Wildman–Crippen LogP) is 0.124. The number of aromatic amines is 1. The standard InChI is InChI=1S/C24H21N7O10S2/c32-16(33)8-5-13(43-15-7-6-14-26-27-24(39)30(14)28-15)12-9-42-22-17(21(36)29(22)18(12)23(37)38)25-20(35)19(34)10-1-3-11(4-2-10)31(40)41/h1-4,6-7,13,17,19,22,34H,5,8-9H2,(H,25,35)(H,27,39)(H,32,33)(H,37,38)/t13?,17?,19-,22-/m1/s1. The number of hydrogen-bond acceptors (Lipinski definition) is 12. The zero-order valence-electron chi connectivity index (χ0n) is 21.6. The Hall–Kier alpha value is -4.75. The summed E-state index contributed by atoms with van der Waals surface area (Å²) in [6, 6.07) is 6.53. The fraction of sp³-hybridized carbons (Fsp3) is 0.292. The van der Waals surface area contributed by atoms with Crippen LogP contribution in [0.3, 0.4) is 0 Å². The predicted molar refractivity (Wildman–Crippen MR) is 148 cm³/mol. The molecule has 2 aliphatic heterocycles. The number of hydrogen-bond donors (Lipinski definition) is 5. The molecule has 1 saturated heterocycles. The number of carboxylic acids is 2. The van der Waals surface area contributed by atoms with Crippen LogP contribution in [0.25, 0.3) is 5.65 Å². The van der Waals surface area contributed by atoms with Gasteiger partial charge in [0, 0.05) is 29.6 Å². The van der Waals surface area contributed by atoms with Crippen molar-refractivity contribution >= 4 is 58.6 Å². The van der Waals surface area contributed by atoms with Gasteiger partial charge in [0.05, 0.1) is 4.92 Å². The van der Waals surface area contributed by atoms with E-state index in [0.717, 1.165) is 45.1 Å². The van der Waals surface area contributed by atoms with Gasteiger partial charge in [0.2, 0.25) is 0 Å². The average molecular weight is 632 g/mol. The molecule has 0 saturated carbocycles. The molecule has 2 unspecified atom stereocenters. The number of amides is 2. The number of carbonyl (C=O) groups is 4. The number of rotatable bonds is 11. The van der Waals surface area contributed by atoms with Gasteiger partial charge in [-0.05, 0) is 41.8 Å². The summed E-state index contributed by atoms with van der Waals surface area (Å²) in [5.74, 6) is -4.18. The number of aliphatic hydroxyl groups excluding tert-OH is 1. The topological polar surface area (TPSA) is 250 Å². The van der Waals surface area contributed by atoms with E-state index < -0.39 is 57.1 Å². The summed E-state index contributed by atoms with van der Waals surface area (Å²) in [7, 11) is 0. The third-order valence-corrected chi connectivity index (χ3v) is 9.25. The molecule has 17 nitrogen and oxygen atoms in total. The second-order valence-corrected chi connectivity index (χ2v) is 11.7. The maximum atomic E-state index is 13.2. The molecule has 3 aromatic rings. The van der Waals surface area contributed by atoms with E-state index in [-0.39, 0.29) is 51.8 Å². The molecule has 0 bridgehead atoms. The number of non-ortho nitro benzene ring substituents is 1. The molecule has 0 aliphatic carbocycles. The van der Waals surface area contributed by atoms with E-state index >= 15 is 0 Å². The third-order valence-electron chi connectivity index (χ3n) is 6.69. The SMILES string of the molecule is O=C(O)CCC(Sc1ccc2n[nH]c(=O)n2n1)C1=C(C(=O)O)N2C(=O)C(NC(=O)[C@H](O)c3ccc([N+](=O)[O-])cc3)[C@H]2SC1. The summed E-state index contributed by atoms with van der Waals surface area (Å²) in [5.41, 5.74) is -0.616. The number of aliphatic hydroxyl groups is 1. The van der Waals surface area contributed by atoms with Crippen LogP contribution in [-0.2, 0) is 19.2 Å². The molecule has 4 atom stereocenters. The minimum atomic E-state index is -1.74. The zero-order chi connectivity index (χ0) is 31.0. The first-order valence-corrected chi connectivity index (χ1v) is 14.4. The second kappa shape index (κ2) is 11.9. The molecule has 0 spiro atoms. The Bertz CT molecular complexity index is 1740. The van der Waals surface area contributed by atoms with Crippen LogP contribution in [0.2, 0.25) is 0 Å². The first kappa shape index (κ1) is 29.7. The lowest BCUT2D eigenvalue weighted by atomic mass is 9.99. The minimum Gasteiger partial charge on any atom is -0.481 e. The monoisotopic (exact) mass is 631 g/mol. The number of carbonyl (C=O) groups excluding carboxylic acids is 2. The number of nitro groups is 1. The number of thioether (sulfide) groups is 2. The molecule has 2 aliphatic rings. The normalized spacial score (nSPS) is 19.4. The smallest absolute Gasteiger partial charge is 0.364 e. The van der Waals surface area contributed by atoms with E-state index in [9.17, 15) is 49.4 Å². The highest BCUT2D eigenvalue weighted by atomic mass is 32.2. The summed E-state index contributed by atoms with van der Waals surface area (Å²) in [6.45, 7) is 0. The molecule has 4 heterocycles. The molecule has 2 amide bonds. The van der Waals surface area contributed by atoms with Crippen LogP contribution in [0, 0.1) is 10.1 Å². The van der Waals surface area contributed by atoms with Crippen molar-refractivity contribution in [1.29, 1.82) is 0 Å². The molecule has 2 aromatic heterocycles. The van der Waals surface area contributed by atoms with Crippen LogP contribution in [0.4, 0.5) is 5.69 Å². The van der Waals surface area contributed by atoms with Crippen molar-refractivity contribution in [1.82, 2.24) is 30.0 Å². The number of β-lactam (4-membered cyclic amide) rings is 1. The van der Waals surface area contributed by atoms with Crippen molar-refractivity contribution in [3.05, 3.63) is 73.8 Å². The lowest BCUT2D eigenvalue weighted by Gasteiger charge is -2.50. The number of aromatic nitrogens is 4. The van der Waals surface area contributed by atoms with Gasteiger partial charge < -0.3 is 20.6 Å². The van der Waals surface area contributed by atoms with Gasteiger partial charge in [-0.2, -0.15) is 14.7 Å². The maximum Gasteiger partial charge on any atom is 0.364 e. The van der Waals surface area contributed by atoms with Crippen molar-refractivity contribution in [3.8, 4) is 0 Å². The van der Waals surface area contributed by atoms with Gasteiger partial charge in [0.25, 0.3) is 17.5 Å². The van der Waals surface area contributed by atoms with Gasteiger partial charge >= 0.3 is 17.6 Å². The third kappa shape index (κ3) is 5.81. The average Bonchev–Trinajstić information content (AvgIpc) is 3.36. The molecule has 5 N–H and O–H groups in total. The van der Waals surface area contributed by atoms with Crippen molar-refractivity contribution in [2.24, 2.45) is 0 Å². The highest BCUT2D eigenvalue weighted by Gasteiger charge is 2.55. The molecule has 43 heavy (non-hydrogen) atoms. The molecule has 5 rings (SSSR count). The van der Waals surface area contributed by atoms with Crippen molar-refractivity contribution < 1.29 is 39.4 Å². The number of aliphatic carboxylic acids is 2. The number of H-pyrrole nitrogens is 1. The van der Waals surface area contributed by atoms with E-state index in [2.05, 4.69) is 20.6 Å². The van der Waals surface area contributed by atoms with Gasteiger partial charge in [-0.1, -0.05) is 11.8 Å². The molecule has 19 heteroatoms. The van der Waals surface area contributed by atoms with Crippen molar-refractivity contribution in [3.63, 3.8) is 0 Å². The van der Waals surface area contributed by atoms with E-state index in [1.807, 2.05) is 0 Å². The van der Waals surface area contributed by atoms with Crippen molar-refractivity contribution in [2.75, 3.05) is 5.75 Å². The summed E-state index contributed by atoms with van der Waals surface area (Å²) >= 11 is 2.19. The van der Waals surface area contributed by atoms with E-state index in [4.69, 9.17) is 0 Å². The summed E-state index contributed by atoms with van der Waals surface area (Å²) in [5, 5.41) is 52.1. The largest absolute Gasteiger partial charge is 0.481 e. The van der Waals surface area contributed by atoms with Crippen LogP contribution in [0.15, 0.2) is 57.5 Å². The van der Waals surface area contributed by atoms with Crippen LogP contribution in [0.1, 0.15) is 24.5 Å². The van der Waals surface area contributed by atoms with E-state index in [1.165, 1.54) is 18.2 Å². The van der Waals surface area contributed by atoms with E-state index in [1.54, 1.807) is 6.07 Å². The van der Waals surface area contributed by atoms with Crippen molar-refractivity contribution in [2.45, 2.75) is 40.6 Å². The number of nitro benzene ring substituents is 1. The second-order valence-electron chi connectivity index (χ2n) is 9.34. The Morgan fingerprint density at radius 3 is 2.56 bits per heavy atom. The number of carboxylic acid groups (broad SMARTS) is 2. The van der Waals surface area contributed by atoms with Gasteiger partial charge in [-0.25, -0.2) is 14.7 Å². The fourth-order valence-corrected chi connectivity index (χ4v) is 7.27. The highest BCUT2D eigenvalue weighted by Crippen LogP contribution is 2.44.